The molecular formula is C39H48F3N5O9S. The fraction of sp³-hybridized carbons (Fsp3) is 0.564. The van der Waals surface area contributed by atoms with Gasteiger partial charge in [-0.2, -0.15) is 0 Å². The lowest BCUT2D eigenvalue weighted by Crippen LogP contribution is -2.58. The number of halogens is 3. The summed E-state index contributed by atoms with van der Waals surface area (Å²) >= 11 is 0. The molecule has 4 aliphatic rings. The third kappa shape index (κ3) is 9.82. The standard InChI is InChI=1S/C39H48F3N5O9S/c1-38(2,3)56-36(51)43-31-16-8-6-4-5-7-12-24-18-39(24,35(50)45-57(53,54)22-27-29(41)14-10-15-30(27)42)44-33(48)32-17-25(20-47(32)34(31)49)55-37(52)46-19-23-11-9-13-28(40)26(23)21-46/h9-11,13-15,24-25,31-32H,4-8,12,16-22H2,1-3H3,(H,43,51)(H,44,48)(H,45,50)/t24-,25+,31-,32-,39+/m0/s1. The van der Waals surface area contributed by atoms with E-state index in [9.17, 15) is 45.6 Å². The molecule has 2 aromatic carbocycles. The van der Waals surface area contributed by atoms with E-state index in [1.54, 1.807) is 26.8 Å². The SMILES string of the molecule is CC(C)(C)OC(=O)N[C@H]1CCCCCCC[C@H]2C[C@@]2(C(=O)NS(=O)(=O)Cc2c(F)cccc2F)NC(=O)[C@@H]2C[C@@H](OC(=O)N3Cc4cccc(F)c4C3)CN2C1=O. The van der Waals surface area contributed by atoms with Crippen LogP contribution in [0.15, 0.2) is 36.4 Å². The molecule has 6 rings (SSSR count). The maximum absolute atomic E-state index is 14.5. The molecule has 3 N–H and O–H groups in total. The molecule has 0 bridgehead atoms. The molecule has 3 fully saturated rings. The summed E-state index contributed by atoms with van der Waals surface area (Å²) in [7, 11) is -4.67. The van der Waals surface area contributed by atoms with Gasteiger partial charge in [-0.15, -0.1) is 0 Å². The Morgan fingerprint density at radius 1 is 0.930 bits per heavy atom. The van der Waals surface area contributed by atoms with Crippen LogP contribution in [0.25, 0.3) is 0 Å². The first kappa shape index (κ1) is 41.8. The number of rotatable bonds is 6. The summed E-state index contributed by atoms with van der Waals surface area (Å²) in [5.74, 6) is -6.95. The predicted molar refractivity (Wildman–Crippen MR) is 198 cm³/mol. The highest BCUT2D eigenvalue weighted by Gasteiger charge is 2.62. The first-order chi connectivity index (χ1) is 26.9. The van der Waals surface area contributed by atoms with E-state index in [0.717, 1.165) is 31.0 Å². The van der Waals surface area contributed by atoms with Crippen molar-refractivity contribution in [2.45, 2.75) is 127 Å². The van der Waals surface area contributed by atoms with Gasteiger partial charge in [-0.05, 0) is 69.7 Å². The molecule has 0 unspecified atom stereocenters. The molecule has 3 aliphatic heterocycles. The van der Waals surface area contributed by atoms with E-state index in [4.69, 9.17) is 9.47 Å². The number of hydrogen-bond donors (Lipinski definition) is 3. The van der Waals surface area contributed by atoms with Crippen molar-refractivity contribution in [1.82, 2.24) is 25.2 Å². The van der Waals surface area contributed by atoms with Crippen molar-refractivity contribution in [2.24, 2.45) is 5.92 Å². The maximum Gasteiger partial charge on any atom is 0.410 e. The Morgan fingerprint density at radius 3 is 2.26 bits per heavy atom. The summed E-state index contributed by atoms with van der Waals surface area (Å²) in [6.45, 7) is 4.76. The molecule has 310 valence electrons. The monoisotopic (exact) mass is 819 g/mol. The van der Waals surface area contributed by atoms with Gasteiger partial charge in [0.05, 0.1) is 13.1 Å². The molecule has 0 radical (unpaired) electrons. The molecule has 5 amide bonds. The number of carbonyl (C=O) groups is 5. The molecule has 3 heterocycles. The number of fused-ring (bicyclic) bond motifs is 3. The second-order valence-electron chi connectivity index (χ2n) is 16.3. The van der Waals surface area contributed by atoms with Gasteiger partial charge in [0.1, 0.15) is 52.5 Å². The molecule has 0 aromatic heterocycles. The summed E-state index contributed by atoms with van der Waals surface area (Å²) < 4.78 is 82.6. The second-order valence-corrected chi connectivity index (χ2v) is 18.0. The molecular weight excluding hydrogens is 772 g/mol. The maximum atomic E-state index is 14.5. The van der Waals surface area contributed by atoms with E-state index in [-0.39, 0.29) is 38.9 Å². The highest BCUT2D eigenvalue weighted by molar-refractivity contribution is 7.89. The Morgan fingerprint density at radius 2 is 1.58 bits per heavy atom. The minimum absolute atomic E-state index is 0.0481. The van der Waals surface area contributed by atoms with Gasteiger partial charge in [0.2, 0.25) is 21.8 Å². The van der Waals surface area contributed by atoms with Crippen molar-refractivity contribution in [3.63, 3.8) is 0 Å². The van der Waals surface area contributed by atoms with Crippen LogP contribution < -0.4 is 15.4 Å². The molecule has 2 aromatic rings. The van der Waals surface area contributed by atoms with Crippen molar-refractivity contribution in [2.75, 3.05) is 6.54 Å². The van der Waals surface area contributed by atoms with Crippen molar-refractivity contribution in [1.29, 1.82) is 0 Å². The zero-order chi connectivity index (χ0) is 41.3. The lowest BCUT2D eigenvalue weighted by Gasteiger charge is -2.30. The topological polar surface area (TPSA) is 181 Å². The minimum atomic E-state index is -4.67. The Balaban J connectivity index is 1.25. The lowest BCUT2D eigenvalue weighted by molar-refractivity contribution is -0.141. The summed E-state index contributed by atoms with van der Waals surface area (Å²) in [4.78, 5) is 71.3. The van der Waals surface area contributed by atoms with Gasteiger partial charge < -0.3 is 25.0 Å². The number of nitrogens with one attached hydrogen (secondary N) is 3. The van der Waals surface area contributed by atoms with E-state index in [1.807, 2.05) is 4.72 Å². The smallest absolute Gasteiger partial charge is 0.410 e. The van der Waals surface area contributed by atoms with Crippen LogP contribution >= 0.6 is 0 Å². The third-order valence-electron chi connectivity index (χ3n) is 10.8. The van der Waals surface area contributed by atoms with Crippen molar-refractivity contribution in [3.8, 4) is 0 Å². The fourth-order valence-electron chi connectivity index (χ4n) is 7.88. The fourth-order valence-corrected chi connectivity index (χ4v) is 9.07. The molecule has 5 atom stereocenters. The third-order valence-corrected chi connectivity index (χ3v) is 12.0. The Labute approximate surface area is 329 Å². The molecule has 14 nitrogen and oxygen atoms in total. The van der Waals surface area contributed by atoms with Crippen LogP contribution in [0.5, 0.6) is 0 Å². The Kier molecular flexibility index (Phi) is 12.1. The van der Waals surface area contributed by atoms with E-state index >= 15 is 0 Å². The average Bonchev–Trinajstić information content (AvgIpc) is 3.40. The van der Waals surface area contributed by atoms with Crippen LogP contribution in [0.3, 0.4) is 0 Å². The van der Waals surface area contributed by atoms with E-state index < -0.39 is 104 Å². The van der Waals surface area contributed by atoms with Gasteiger partial charge in [0.15, 0.2) is 0 Å². The highest BCUT2D eigenvalue weighted by atomic mass is 32.2. The number of carbonyl (C=O) groups excluding carboxylic acids is 5. The summed E-state index contributed by atoms with van der Waals surface area (Å²) in [6.07, 6.45) is 1.17. The summed E-state index contributed by atoms with van der Waals surface area (Å²) in [6, 6.07) is 4.89. The van der Waals surface area contributed by atoms with Crippen molar-refractivity contribution in [3.05, 3.63) is 70.5 Å². The van der Waals surface area contributed by atoms with Crippen LogP contribution in [0.4, 0.5) is 22.8 Å². The zero-order valence-electron chi connectivity index (χ0n) is 32.1. The van der Waals surface area contributed by atoms with Gasteiger partial charge in [-0.1, -0.05) is 50.3 Å². The molecule has 2 saturated heterocycles. The predicted octanol–water partition coefficient (Wildman–Crippen LogP) is 4.68. The molecule has 57 heavy (non-hydrogen) atoms. The first-order valence-corrected chi connectivity index (χ1v) is 20.8. The quantitative estimate of drug-likeness (QED) is 0.373. The van der Waals surface area contributed by atoms with Crippen molar-refractivity contribution < 1.29 is 55.0 Å². The normalized spacial score (nSPS) is 25.5. The summed E-state index contributed by atoms with van der Waals surface area (Å²) in [5, 5.41) is 5.35. The number of hydrogen-bond acceptors (Lipinski definition) is 9. The number of benzene rings is 2. The number of nitrogens with zero attached hydrogens (tertiary/aromatic N) is 2. The number of ether oxygens (including phenoxy) is 2. The van der Waals surface area contributed by atoms with Gasteiger partial charge >= 0.3 is 12.2 Å². The molecule has 18 heteroatoms. The Bertz CT molecular complexity index is 2010. The number of alkyl carbamates (subject to hydrolysis) is 1. The van der Waals surface area contributed by atoms with E-state index in [0.29, 0.717) is 36.8 Å². The van der Waals surface area contributed by atoms with Crippen LogP contribution in [0.1, 0.15) is 95.2 Å². The van der Waals surface area contributed by atoms with Gasteiger partial charge in [0, 0.05) is 24.1 Å². The van der Waals surface area contributed by atoms with Gasteiger partial charge in [0.25, 0.3) is 5.91 Å². The van der Waals surface area contributed by atoms with Gasteiger partial charge in [-0.3, -0.25) is 24.0 Å². The van der Waals surface area contributed by atoms with E-state index in [1.165, 1.54) is 21.9 Å². The molecule has 0 spiro atoms. The van der Waals surface area contributed by atoms with E-state index in [2.05, 4.69) is 10.6 Å². The second kappa shape index (κ2) is 16.5. The number of sulfonamides is 1. The van der Waals surface area contributed by atoms with Crippen LogP contribution in [0, 0.1) is 23.4 Å². The van der Waals surface area contributed by atoms with Crippen LogP contribution in [-0.2, 0) is 52.7 Å². The zero-order valence-corrected chi connectivity index (χ0v) is 32.9. The minimum Gasteiger partial charge on any atom is -0.444 e. The van der Waals surface area contributed by atoms with Crippen LogP contribution in [0.2, 0.25) is 0 Å². The summed E-state index contributed by atoms with van der Waals surface area (Å²) in [5.41, 5.74) is -2.41. The molecule has 1 aliphatic carbocycles. The van der Waals surface area contributed by atoms with Crippen molar-refractivity contribution >= 4 is 39.9 Å². The Hall–Kier alpha value is -4.87. The molecule has 1 saturated carbocycles. The van der Waals surface area contributed by atoms with Gasteiger partial charge in [-0.25, -0.2) is 31.2 Å². The largest absolute Gasteiger partial charge is 0.444 e. The first-order valence-electron chi connectivity index (χ1n) is 19.2. The average molecular weight is 820 g/mol. The highest BCUT2D eigenvalue weighted by Crippen LogP contribution is 2.48. The lowest BCUT2D eigenvalue weighted by atomic mass is 10.0. The number of amides is 5. The van der Waals surface area contributed by atoms with Crippen LogP contribution in [-0.4, -0.2) is 84.0 Å².